The summed E-state index contributed by atoms with van der Waals surface area (Å²) in [5.74, 6) is 2.10. The number of ether oxygens (including phenoxy) is 1. The minimum atomic E-state index is 0.140. The molecule has 0 aliphatic heterocycles. The first-order valence-electron chi connectivity index (χ1n) is 6.04. The molecule has 0 fully saturated rings. The van der Waals surface area contributed by atoms with Crippen LogP contribution in [0.5, 0.6) is 0 Å². The molecule has 0 aliphatic carbocycles. The van der Waals surface area contributed by atoms with Crippen molar-refractivity contribution >= 4 is 11.8 Å². The van der Waals surface area contributed by atoms with E-state index < -0.39 is 0 Å². The lowest BCUT2D eigenvalue weighted by atomic mass is 10.0. The molecule has 0 amide bonds. The SMILES string of the molecule is COCCCSCC(N)c1cc(C)cc(C)c1. The second-order valence-electron chi connectivity index (χ2n) is 4.45. The molecule has 17 heavy (non-hydrogen) atoms. The van der Waals surface area contributed by atoms with Crippen molar-refractivity contribution in [3.05, 3.63) is 34.9 Å². The van der Waals surface area contributed by atoms with Crippen molar-refractivity contribution in [2.24, 2.45) is 5.73 Å². The fourth-order valence-electron chi connectivity index (χ4n) is 1.84. The molecule has 1 rings (SSSR count). The summed E-state index contributed by atoms with van der Waals surface area (Å²) < 4.78 is 5.02. The highest BCUT2D eigenvalue weighted by atomic mass is 32.2. The van der Waals surface area contributed by atoms with Gasteiger partial charge in [-0.2, -0.15) is 11.8 Å². The molecule has 96 valence electrons. The van der Waals surface area contributed by atoms with Crippen LogP contribution >= 0.6 is 11.8 Å². The van der Waals surface area contributed by atoms with E-state index in [0.717, 1.165) is 24.5 Å². The number of methoxy groups -OCH3 is 1. The molecule has 2 N–H and O–H groups in total. The predicted octanol–water partition coefficient (Wildman–Crippen LogP) is 3.07. The van der Waals surface area contributed by atoms with E-state index in [1.165, 1.54) is 16.7 Å². The molecule has 0 radical (unpaired) electrons. The average molecular weight is 253 g/mol. The maximum atomic E-state index is 6.20. The van der Waals surface area contributed by atoms with Crippen molar-refractivity contribution in [2.45, 2.75) is 26.3 Å². The molecule has 0 saturated carbocycles. The van der Waals surface area contributed by atoms with Crippen LogP contribution in [0, 0.1) is 13.8 Å². The van der Waals surface area contributed by atoms with Gasteiger partial charge >= 0.3 is 0 Å². The molecule has 3 heteroatoms. The van der Waals surface area contributed by atoms with Gasteiger partial charge in [0.25, 0.3) is 0 Å². The van der Waals surface area contributed by atoms with Gasteiger partial charge in [-0.25, -0.2) is 0 Å². The summed E-state index contributed by atoms with van der Waals surface area (Å²) in [7, 11) is 1.74. The average Bonchev–Trinajstić information content (AvgIpc) is 2.27. The molecular formula is C14H23NOS. The molecule has 2 nitrogen and oxygen atoms in total. The van der Waals surface area contributed by atoms with Crippen molar-refractivity contribution in [1.82, 2.24) is 0 Å². The fraction of sp³-hybridized carbons (Fsp3) is 0.571. The number of hydrogen-bond acceptors (Lipinski definition) is 3. The quantitative estimate of drug-likeness (QED) is 0.759. The molecule has 1 aromatic rings. The van der Waals surface area contributed by atoms with Crippen LogP contribution in [0.4, 0.5) is 0 Å². The number of nitrogens with two attached hydrogens (primary N) is 1. The molecule has 0 aromatic heterocycles. The molecule has 1 atom stereocenters. The summed E-state index contributed by atoms with van der Waals surface area (Å²) >= 11 is 1.90. The predicted molar refractivity (Wildman–Crippen MR) is 76.7 cm³/mol. The Kier molecular flexibility index (Phi) is 6.63. The number of thioether (sulfide) groups is 1. The number of hydrogen-bond donors (Lipinski definition) is 1. The molecule has 0 saturated heterocycles. The van der Waals surface area contributed by atoms with Crippen LogP contribution in [0.2, 0.25) is 0 Å². The first-order chi connectivity index (χ1) is 8.13. The van der Waals surface area contributed by atoms with E-state index in [9.17, 15) is 0 Å². The zero-order chi connectivity index (χ0) is 12.7. The second-order valence-corrected chi connectivity index (χ2v) is 5.60. The van der Waals surface area contributed by atoms with Gasteiger partial charge in [-0.1, -0.05) is 29.3 Å². The Bertz CT molecular complexity index is 321. The van der Waals surface area contributed by atoms with Gasteiger partial charge in [0.1, 0.15) is 0 Å². The Morgan fingerprint density at radius 3 is 2.47 bits per heavy atom. The molecule has 0 spiro atoms. The lowest BCUT2D eigenvalue weighted by molar-refractivity contribution is 0.200. The van der Waals surface area contributed by atoms with E-state index in [1.54, 1.807) is 7.11 Å². The third-order valence-corrected chi connectivity index (χ3v) is 3.78. The zero-order valence-electron chi connectivity index (χ0n) is 11.0. The van der Waals surface area contributed by atoms with Crippen LogP contribution in [0.25, 0.3) is 0 Å². The van der Waals surface area contributed by atoms with Crippen LogP contribution in [-0.2, 0) is 4.74 Å². The monoisotopic (exact) mass is 253 g/mol. The Morgan fingerprint density at radius 1 is 1.24 bits per heavy atom. The van der Waals surface area contributed by atoms with Crippen LogP contribution in [-0.4, -0.2) is 25.2 Å². The summed E-state index contributed by atoms with van der Waals surface area (Å²) in [6, 6.07) is 6.70. The highest BCUT2D eigenvalue weighted by Gasteiger charge is 2.06. The van der Waals surface area contributed by atoms with Crippen LogP contribution in [0.3, 0.4) is 0 Å². The minimum absolute atomic E-state index is 0.140. The number of aryl methyl sites for hydroxylation is 2. The maximum absolute atomic E-state index is 6.20. The van der Waals surface area contributed by atoms with E-state index in [1.807, 2.05) is 11.8 Å². The first-order valence-corrected chi connectivity index (χ1v) is 7.19. The van der Waals surface area contributed by atoms with Crippen LogP contribution < -0.4 is 5.73 Å². The highest BCUT2D eigenvalue weighted by Crippen LogP contribution is 2.19. The summed E-state index contributed by atoms with van der Waals surface area (Å²) in [5, 5.41) is 0. The minimum Gasteiger partial charge on any atom is -0.385 e. The standard InChI is InChI=1S/C14H23NOS/c1-11-7-12(2)9-13(8-11)14(15)10-17-6-4-5-16-3/h7-9,14H,4-6,10,15H2,1-3H3. The summed E-state index contributed by atoms with van der Waals surface area (Å²) in [6.45, 7) is 5.08. The van der Waals surface area contributed by atoms with Crippen molar-refractivity contribution < 1.29 is 4.74 Å². The second kappa shape index (κ2) is 7.75. The van der Waals surface area contributed by atoms with Gasteiger partial charge in [0.15, 0.2) is 0 Å². The van der Waals surface area contributed by atoms with Gasteiger partial charge < -0.3 is 10.5 Å². The van der Waals surface area contributed by atoms with Crippen molar-refractivity contribution in [3.8, 4) is 0 Å². The summed E-state index contributed by atoms with van der Waals surface area (Å²) in [6.07, 6.45) is 1.10. The Balaban J connectivity index is 2.38. The molecule has 1 aromatic carbocycles. The normalized spacial score (nSPS) is 12.7. The van der Waals surface area contributed by atoms with Crippen molar-refractivity contribution in [1.29, 1.82) is 0 Å². The van der Waals surface area contributed by atoms with Crippen LogP contribution in [0.1, 0.15) is 29.2 Å². The smallest absolute Gasteiger partial charge is 0.0470 e. The lowest BCUT2D eigenvalue weighted by Crippen LogP contribution is -2.13. The van der Waals surface area contributed by atoms with E-state index in [-0.39, 0.29) is 6.04 Å². The third-order valence-electron chi connectivity index (χ3n) is 2.61. The van der Waals surface area contributed by atoms with Crippen molar-refractivity contribution in [3.63, 3.8) is 0 Å². The van der Waals surface area contributed by atoms with E-state index in [0.29, 0.717) is 0 Å². The Morgan fingerprint density at radius 2 is 1.88 bits per heavy atom. The molecule has 0 heterocycles. The van der Waals surface area contributed by atoms with Gasteiger partial charge in [0, 0.05) is 25.5 Å². The maximum Gasteiger partial charge on any atom is 0.0470 e. The third kappa shape index (κ3) is 5.57. The molecule has 0 aliphatic rings. The van der Waals surface area contributed by atoms with E-state index in [2.05, 4.69) is 32.0 Å². The number of benzene rings is 1. The zero-order valence-corrected chi connectivity index (χ0v) is 11.8. The van der Waals surface area contributed by atoms with E-state index in [4.69, 9.17) is 10.5 Å². The number of rotatable bonds is 7. The van der Waals surface area contributed by atoms with Gasteiger partial charge in [0.2, 0.25) is 0 Å². The topological polar surface area (TPSA) is 35.2 Å². The van der Waals surface area contributed by atoms with Crippen molar-refractivity contribution in [2.75, 3.05) is 25.2 Å². The first kappa shape index (κ1) is 14.6. The van der Waals surface area contributed by atoms with Gasteiger partial charge in [-0.15, -0.1) is 0 Å². The van der Waals surface area contributed by atoms with Gasteiger partial charge in [-0.05, 0) is 31.6 Å². The fourth-order valence-corrected chi connectivity index (χ4v) is 2.77. The van der Waals surface area contributed by atoms with Gasteiger partial charge in [0.05, 0.1) is 0 Å². The molecular weight excluding hydrogens is 230 g/mol. The Labute approximate surface area is 109 Å². The summed E-state index contributed by atoms with van der Waals surface area (Å²) in [5.41, 5.74) is 10.0. The largest absolute Gasteiger partial charge is 0.385 e. The Hall–Kier alpha value is -0.510. The highest BCUT2D eigenvalue weighted by molar-refractivity contribution is 7.99. The molecule has 1 unspecified atom stereocenters. The van der Waals surface area contributed by atoms with Gasteiger partial charge in [-0.3, -0.25) is 0 Å². The summed E-state index contributed by atoms with van der Waals surface area (Å²) in [4.78, 5) is 0. The van der Waals surface area contributed by atoms with E-state index >= 15 is 0 Å². The van der Waals surface area contributed by atoms with Crippen LogP contribution in [0.15, 0.2) is 18.2 Å². The lowest BCUT2D eigenvalue weighted by Gasteiger charge is -2.13. The molecule has 0 bridgehead atoms.